The molecule has 1 aromatic carbocycles. The van der Waals surface area contributed by atoms with E-state index in [1.54, 1.807) is 0 Å². The lowest BCUT2D eigenvalue weighted by atomic mass is 9.79. The minimum absolute atomic E-state index is 0.575. The Kier molecular flexibility index (Phi) is 2.52. The van der Waals surface area contributed by atoms with Crippen LogP contribution < -0.4 is 0 Å². The number of benzene rings is 1. The molecule has 15 heavy (non-hydrogen) atoms. The van der Waals surface area contributed by atoms with Crippen LogP contribution in [0.4, 0.5) is 0 Å². The molecule has 0 bridgehead atoms. The van der Waals surface area contributed by atoms with E-state index in [2.05, 4.69) is 51.6 Å². The summed E-state index contributed by atoms with van der Waals surface area (Å²) in [4.78, 5) is 0. The Morgan fingerprint density at radius 1 is 1.20 bits per heavy atom. The van der Waals surface area contributed by atoms with Crippen molar-refractivity contribution in [3.8, 4) is 0 Å². The van der Waals surface area contributed by atoms with Crippen LogP contribution in [-0.4, -0.2) is 0 Å². The Morgan fingerprint density at radius 2 is 1.87 bits per heavy atom. The van der Waals surface area contributed by atoms with Crippen LogP contribution in [0.5, 0.6) is 0 Å². The molecule has 0 aliphatic heterocycles. The molecule has 0 spiro atoms. The fourth-order valence-electron chi connectivity index (χ4n) is 2.62. The van der Waals surface area contributed by atoms with Crippen molar-refractivity contribution >= 4 is 5.57 Å². The van der Waals surface area contributed by atoms with Gasteiger partial charge in [0.2, 0.25) is 0 Å². The van der Waals surface area contributed by atoms with Crippen molar-refractivity contribution in [2.45, 2.75) is 27.2 Å². The Labute approximate surface area is 92.3 Å². The van der Waals surface area contributed by atoms with E-state index in [1.807, 2.05) is 0 Å². The zero-order valence-electron chi connectivity index (χ0n) is 9.80. The topological polar surface area (TPSA) is 0 Å². The van der Waals surface area contributed by atoms with Crippen molar-refractivity contribution in [1.29, 1.82) is 0 Å². The van der Waals surface area contributed by atoms with Gasteiger partial charge in [-0.1, -0.05) is 44.7 Å². The predicted molar refractivity (Wildman–Crippen MR) is 66.7 cm³/mol. The van der Waals surface area contributed by atoms with Crippen LogP contribution in [-0.2, 0) is 6.42 Å². The van der Waals surface area contributed by atoms with Crippen molar-refractivity contribution in [3.63, 3.8) is 0 Å². The summed E-state index contributed by atoms with van der Waals surface area (Å²) in [6, 6.07) is 8.66. The quantitative estimate of drug-likeness (QED) is 0.633. The summed E-state index contributed by atoms with van der Waals surface area (Å²) in [5, 5.41) is 0. The normalized spacial score (nSPS) is 15.9. The van der Waals surface area contributed by atoms with E-state index < -0.39 is 0 Å². The molecule has 1 aliphatic rings. The molecule has 0 heterocycles. The molecule has 0 saturated heterocycles. The Balaban J connectivity index is 2.62. The van der Waals surface area contributed by atoms with Gasteiger partial charge in [0.25, 0.3) is 0 Å². The van der Waals surface area contributed by atoms with Gasteiger partial charge in [-0.15, -0.1) is 0 Å². The van der Waals surface area contributed by atoms with Crippen LogP contribution in [0.1, 0.15) is 31.9 Å². The highest BCUT2D eigenvalue weighted by Gasteiger charge is 2.19. The molecule has 0 atom stereocenters. The summed E-state index contributed by atoms with van der Waals surface area (Å²) >= 11 is 0. The van der Waals surface area contributed by atoms with E-state index in [1.165, 1.54) is 27.8 Å². The van der Waals surface area contributed by atoms with E-state index in [0.717, 1.165) is 6.42 Å². The number of rotatable bonds is 1. The summed E-state index contributed by atoms with van der Waals surface area (Å²) in [5.74, 6) is 0.575. The van der Waals surface area contributed by atoms with Gasteiger partial charge in [0.15, 0.2) is 0 Å². The van der Waals surface area contributed by atoms with Gasteiger partial charge < -0.3 is 0 Å². The molecular weight excluding hydrogens is 180 g/mol. The number of hydrogen-bond donors (Lipinski definition) is 0. The monoisotopic (exact) mass is 198 g/mol. The third kappa shape index (κ3) is 1.65. The van der Waals surface area contributed by atoms with Crippen molar-refractivity contribution in [1.82, 2.24) is 0 Å². The lowest BCUT2D eigenvalue weighted by Gasteiger charge is -2.25. The average molecular weight is 198 g/mol. The summed E-state index contributed by atoms with van der Waals surface area (Å²) in [6.45, 7) is 10.9. The molecule has 0 unspecified atom stereocenters. The highest BCUT2D eigenvalue weighted by atomic mass is 14.2. The molecule has 78 valence electrons. The summed E-state index contributed by atoms with van der Waals surface area (Å²) < 4.78 is 0. The van der Waals surface area contributed by atoms with Crippen molar-refractivity contribution in [2.24, 2.45) is 5.92 Å². The largest absolute Gasteiger partial charge is 0.0952 e. The van der Waals surface area contributed by atoms with Crippen molar-refractivity contribution in [3.05, 3.63) is 53.1 Å². The second-order valence-electron chi connectivity index (χ2n) is 4.63. The van der Waals surface area contributed by atoms with Gasteiger partial charge in [-0.05, 0) is 47.1 Å². The third-order valence-corrected chi connectivity index (χ3v) is 3.19. The first-order valence-electron chi connectivity index (χ1n) is 5.58. The van der Waals surface area contributed by atoms with Crippen LogP contribution in [0, 0.1) is 5.92 Å². The Hall–Kier alpha value is -1.30. The molecule has 0 fully saturated rings. The molecule has 0 nitrogen and oxygen atoms in total. The third-order valence-electron chi connectivity index (χ3n) is 3.19. The van der Waals surface area contributed by atoms with Gasteiger partial charge in [-0.2, -0.15) is 0 Å². The van der Waals surface area contributed by atoms with Gasteiger partial charge >= 0.3 is 0 Å². The molecule has 1 aliphatic carbocycles. The summed E-state index contributed by atoms with van der Waals surface area (Å²) in [6.07, 6.45) is 1.01. The van der Waals surface area contributed by atoms with E-state index in [4.69, 9.17) is 0 Å². The SMILES string of the molecule is C=C1Cc2ccccc2C(C)=C1C(C)C. The maximum Gasteiger partial charge on any atom is -0.00227 e. The number of hydrogen-bond acceptors (Lipinski definition) is 0. The molecular formula is C15H18. The number of fused-ring (bicyclic) bond motifs is 1. The summed E-state index contributed by atoms with van der Waals surface area (Å²) in [7, 11) is 0. The molecule has 0 N–H and O–H groups in total. The molecule has 0 radical (unpaired) electrons. The molecule has 0 heteroatoms. The first-order chi connectivity index (χ1) is 7.11. The van der Waals surface area contributed by atoms with Crippen LogP contribution in [0.2, 0.25) is 0 Å². The predicted octanol–water partition coefficient (Wildman–Crippen LogP) is 4.23. The van der Waals surface area contributed by atoms with E-state index >= 15 is 0 Å². The fraction of sp³-hybridized carbons (Fsp3) is 0.333. The first kappa shape index (κ1) is 10.2. The minimum atomic E-state index is 0.575. The van der Waals surface area contributed by atoms with Crippen molar-refractivity contribution in [2.75, 3.05) is 0 Å². The smallest absolute Gasteiger partial charge is 0.00227 e. The van der Waals surface area contributed by atoms with E-state index in [0.29, 0.717) is 5.92 Å². The molecule has 0 amide bonds. The first-order valence-corrected chi connectivity index (χ1v) is 5.58. The molecule has 1 aromatic rings. The van der Waals surface area contributed by atoms with Gasteiger partial charge in [-0.3, -0.25) is 0 Å². The molecule has 0 aromatic heterocycles. The maximum atomic E-state index is 4.21. The minimum Gasteiger partial charge on any atom is -0.0952 e. The Bertz CT molecular complexity index is 433. The Morgan fingerprint density at radius 3 is 2.53 bits per heavy atom. The highest BCUT2D eigenvalue weighted by molar-refractivity contribution is 5.76. The molecule has 2 rings (SSSR count). The van der Waals surface area contributed by atoms with E-state index in [-0.39, 0.29) is 0 Å². The second-order valence-corrected chi connectivity index (χ2v) is 4.63. The van der Waals surface area contributed by atoms with Crippen LogP contribution >= 0.6 is 0 Å². The standard InChI is InChI=1S/C15H18/c1-10(2)15-11(3)9-13-7-5-6-8-14(13)12(15)4/h5-8,10H,3,9H2,1-2,4H3. The maximum absolute atomic E-state index is 4.21. The van der Waals surface area contributed by atoms with Crippen LogP contribution in [0.3, 0.4) is 0 Å². The van der Waals surface area contributed by atoms with Crippen LogP contribution in [0.15, 0.2) is 42.0 Å². The second kappa shape index (κ2) is 3.69. The van der Waals surface area contributed by atoms with E-state index in [9.17, 15) is 0 Å². The zero-order chi connectivity index (χ0) is 11.0. The lowest BCUT2D eigenvalue weighted by molar-refractivity contribution is 0.767. The average Bonchev–Trinajstić information content (AvgIpc) is 2.17. The molecule has 0 saturated carbocycles. The lowest BCUT2D eigenvalue weighted by Crippen LogP contribution is -2.10. The van der Waals surface area contributed by atoms with Crippen LogP contribution in [0.25, 0.3) is 5.57 Å². The highest BCUT2D eigenvalue weighted by Crippen LogP contribution is 2.36. The van der Waals surface area contributed by atoms with Crippen molar-refractivity contribution < 1.29 is 0 Å². The fourth-order valence-corrected chi connectivity index (χ4v) is 2.62. The van der Waals surface area contributed by atoms with Gasteiger partial charge in [0.05, 0.1) is 0 Å². The summed E-state index contributed by atoms with van der Waals surface area (Å²) in [5.41, 5.74) is 6.99. The number of allylic oxidation sites excluding steroid dienone is 3. The van der Waals surface area contributed by atoms with Gasteiger partial charge in [-0.25, -0.2) is 0 Å². The van der Waals surface area contributed by atoms with Gasteiger partial charge in [0.1, 0.15) is 0 Å². The van der Waals surface area contributed by atoms with Gasteiger partial charge in [0, 0.05) is 0 Å². The zero-order valence-corrected chi connectivity index (χ0v) is 9.80.